The van der Waals surface area contributed by atoms with Crippen molar-refractivity contribution >= 4 is 0 Å². The highest BCUT2D eigenvalue weighted by atomic mass is 15.2. The van der Waals surface area contributed by atoms with Gasteiger partial charge in [0.05, 0.1) is 0 Å². The molecule has 0 radical (unpaired) electrons. The molecule has 1 fully saturated rings. The second-order valence-electron chi connectivity index (χ2n) is 9.18. The van der Waals surface area contributed by atoms with Crippen LogP contribution in [0.15, 0.2) is 30.3 Å². The Hall–Kier alpha value is -0.860. The molecular formula is C27H48N2. The first-order valence-corrected chi connectivity index (χ1v) is 12.9. The maximum absolute atomic E-state index is 3.72. The lowest BCUT2D eigenvalue weighted by molar-refractivity contribution is 0.149. The number of nitrogens with one attached hydrogen (secondary N) is 1. The Morgan fingerprint density at radius 2 is 1.38 bits per heavy atom. The fourth-order valence-electron chi connectivity index (χ4n) is 4.74. The Balaban J connectivity index is 1.51. The molecular weight excluding hydrogens is 352 g/mol. The maximum atomic E-state index is 3.72. The van der Waals surface area contributed by atoms with Crippen LogP contribution in [0.5, 0.6) is 0 Å². The summed E-state index contributed by atoms with van der Waals surface area (Å²) in [6, 6.07) is 11.8. The molecule has 0 heterocycles. The average molecular weight is 401 g/mol. The molecule has 2 heteroatoms. The number of nitrogens with zero attached hydrogens (tertiary/aromatic N) is 1. The molecule has 0 atom stereocenters. The largest absolute Gasteiger partial charge is 0.315 e. The van der Waals surface area contributed by atoms with E-state index in [0.29, 0.717) is 0 Å². The van der Waals surface area contributed by atoms with Gasteiger partial charge in [-0.1, -0.05) is 114 Å². The standard InChI is InChI=1S/C27H48N2/c1-2-3-4-5-6-7-8-9-10-17-22-28-23-24-29(27-20-15-12-16-21-27)25-26-18-13-11-14-19-26/h11,13-14,18-19,27-28H,2-10,12,15-17,20-25H2,1H3. The minimum Gasteiger partial charge on any atom is -0.315 e. The van der Waals surface area contributed by atoms with Crippen LogP contribution in [0, 0.1) is 0 Å². The lowest BCUT2D eigenvalue weighted by Gasteiger charge is -2.34. The highest BCUT2D eigenvalue weighted by Crippen LogP contribution is 2.23. The van der Waals surface area contributed by atoms with E-state index in [2.05, 4.69) is 47.5 Å². The normalized spacial score (nSPS) is 15.2. The van der Waals surface area contributed by atoms with Crippen molar-refractivity contribution in [3.05, 3.63) is 35.9 Å². The zero-order valence-electron chi connectivity index (χ0n) is 19.3. The first-order valence-electron chi connectivity index (χ1n) is 12.9. The van der Waals surface area contributed by atoms with Gasteiger partial charge in [-0.2, -0.15) is 0 Å². The molecule has 166 valence electrons. The van der Waals surface area contributed by atoms with Crippen molar-refractivity contribution in [1.82, 2.24) is 10.2 Å². The lowest BCUT2D eigenvalue weighted by Crippen LogP contribution is -2.40. The number of benzene rings is 1. The van der Waals surface area contributed by atoms with Gasteiger partial charge < -0.3 is 5.32 Å². The fourth-order valence-corrected chi connectivity index (χ4v) is 4.74. The Morgan fingerprint density at radius 3 is 2.03 bits per heavy atom. The van der Waals surface area contributed by atoms with Gasteiger partial charge in [0.2, 0.25) is 0 Å². The molecule has 1 aromatic rings. The summed E-state index contributed by atoms with van der Waals surface area (Å²) in [4.78, 5) is 2.75. The van der Waals surface area contributed by atoms with E-state index in [1.807, 2.05) is 0 Å². The smallest absolute Gasteiger partial charge is 0.0237 e. The topological polar surface area (TPSA) is 15.3 Å². The van der Waals surface area contributed by atoms with Crippen LogP contribution >= 0.6 is 0 Å². The van der Waals surface area contributed by atoms with Crippen LogP contribution in [0.2, 0.25) is 0 Å². The molecule has 0 saturated heterocycles. The third kappa shape index (κ3) is 11.8. The summed E-state index contributed by atoms with van der Waals surface area (Å²) in [6.07, 6.45) is 21.3. The van der Waals surface area contributed by atoms with Crippen molar-refractivity contribution in [2.75, 3.05) is 19.6 Å². The van der Waals surface area contributed by atoms with E-state index in [0.717, 1.165) is 19.1 Å². The maximum Gasteiger partial charge on any atom is 0.0237 e. The molecule has 0 unspecified atom stereocenters. The molecule has 29 heavy (non-hydrogen) atoms. The molecule has 1 aliphatic carbocycles. The summed E-state index contributed by atoms with van der Waals surface area (Å²) < 4.78 is 0. The highest BCUT2D eigenvalue weighted by molar-refractivity contribution is 5.14. The van der Waals surface area contributed by atoms with Crippen LogP contribution in [0.3, 0.4) is 0 Å². The molecule has 0 aliphatic heterocycles. The van der Waals surface area contributed by atoms with Crippen LogP contribution in [0.25, 0.3) is 0 Å². The first kappa shape index (κ1) is 24.4. The average Bonchev–Trinajstić information content (AvgIpc) is 2.77. The minimum atomic E-state index is 0.795. The van der Waals surface area contributed by atoms with E-state index in [1.165, 1.54) is 115 Å². The molecule has 0 spiro atoms. The van der Waals surface area contributed by atoms with Crippen molar-refractivity contribution < 1.29 is 0 Å². The quantitative estimate of drug-likeness (QED) is 0.275. The fraction of sp³-hybridized carbons (Fsp3) is 0.778. The molecule has 1 aliphatic rings. The van der Waals surface area contributed by atoms with Gasteiger partial charge in [-0.15, -0.1) is 0 Å². The Kier molecular flexibility index (Phi) is 14.2. The summed E-state index contributed by atoms with van der Waals surface area (Å²) in [5.74, 6) is 0. The molecule has 0 amide bonds. The van der Waals surface area contributed by atoms with Crippen molar-refractivity contribution in [1.29, 1.82) is 0 Å². The van der Waals surface area contributed by atoms with Gasteiger partial charge >= 0.3 is 0 Å². The van der Waals surface area contributed by atoms with E-state index in [4.69, 9.17) is 0 Å². The predicted octanol–water partition coefficient (Wildman–Crippen LogP) is 7.33. The second kappa shape index (κ2) is 16.9. The first-order chi connectivity index (χ1) is 14.4. The molecule has 1 saturated carbocycles. The van der Waals surface area contributed by atoms with Crippen LogP contribution in [-0.4, -0.2) is 30.6 Å². The Bertz CT molecular complexity index is 467. The minimum absolute atomic E-state index is 0.795. The van der Waals surface area contributed by atoms with Gasteiger partial charge in [0.15, 0.2) is 0 Å². The van der Waals surface area contributed by atoms with E-state index in [1.54, 1.807) is 0 Å². The SMILES string of the molecule is CCCCCCCCCCCCNCCN(Cc1ccccc1)C1CCCCC1. The summed E-state index contributed by atoms with van der Waals surface area (Å²) in [7, 11) is 0. The summed E-state index contributed by atoms with van der Waals surface area (Å²) in [6.45, 7) is 6.94. The van der Waals surface area contributed by atoms with Gasteiger partial charge in [0.1, 0.15) is 0 Å². The number of rotatable bonds is 17. The van der Waals surface area contributed by atoms with Gasteiger partial charge in [-0.25, -0.2) is 0 Å². The van der Waals surface area contributed by atoms with E-state index >= 15 is 0 Å². The summed E-state index contributed by atoms with van der Waals surface area (Å²) >= 11 is 0. The van der Waals surface area contributed by atoms with Crippen LogP contribution in [-0.2, 0) is 6.54 Å². The van der Waals surface area contributed by atoms with Crippen LogP contribution in [0.1, 0.15) is 109 Å². The van der Waals surface area contributed by atoms with Crippen LogP contribution < -0.4 is 5.32 Å². The van der Waals surface area contributed by atoms with Crippen molar-refractivity contribution in [3.63, 3.8) is 0 Å². The zero-order valence-corrected chi connectivity index (χ0v) is 19.3. The van der Waals surface area contributed by atoms with Gasteiger partial charge in [0, 0.05) is 25.7 Å². The third-order valence-corrected chi connectivity index (χ3v) is 6.60. The van der Waals surface area contributed by atoms with Gasteiger partial charge in [-0.3, -0.25) is 4.90 Å². The highest BCUT2D eigenvalue weighted by Gasteiger charge is 2.20. The van der Waals surface area contributed by atoms with Crippen molar-refractivity contribution in [3.8, 4) is 0 Å². The van der Waals surface area contributed by atoms with E-state index in [9.17, 15) is 0 Å². The number of hydrogen-bond acceptors (Lipinski definition) is 2. The molecule has 0 aromatic heterocycles. The van der Waals surface area contributed by atoms with Gasteiger partial charge in [-0.05, 0) is 31.4 Å². The predicted molar refractivity (Wildman–Crippen MR) is 128 cm³/mol. The number of unbranched alkanes of at least 4 members (excludes halogenated alkanes) is 9. The molecule has 1 N–H and O–H groups in total. The molecule has 0 bridgehead atoms. The summed E-state index contributed by atoms with van der Waals surface area (Å²) in [5.41, 5.74) is 1.47. The Morgan fingerprint density at radius 1 is 0.759 bits per heavy atom. The van der Waals surface area contributed by atoms with E-state index in [-0.39, 0.29) is 0 Å². The monoisotopic (exact) mass is 400 g/mol. The Labute approximate surface area is 181 Å². The van der Waals surface area contributed by atoms with E-state index < -0.39 is 0 Å². The second-order valence-corrected chi connectivity index (χ2v) is 9.18. The van der Waals surface area contributed by atoms with Gasteiger partial charge in [0.25, 0.3) is 0 Å². The van der Waals surface area contributed by atoms with Crippen molar-refractivity contribution in [2.45, 2.75) is 116 Å². The van der Waals surface area contributed by atoms with Crippen LogP contribution in [0.4, 0.5) is 0 Å². The summed E-state index contributed by atoms with van der Waals surface area (Å²) in [5, 5.41) is 3.72. The lowest BCUT2D eigenvalue weighted by atomic mass is 9.94. The molecule has 1 aromatic carbocycles. The zero-order chi connectivity index (χ0) is 20.4. The van der Waals surface area contributed by atoms with Crippen molar-refractivity contribution in [2.24, 2.45) is 0 Å². The molecule has 2 nitrogen and oxygen atoms in total. The molecule has 2 rings (SSSR count). The third-order valence-electron chi connectivity index (χ3n) is 6.60. The number of hydrogen-bond donors (Lipinski definition) is 1.